The van der Waals surface area contributed by atoms with Crippen LogP contribution in [-0.4, -0.2) is 112 Å². The van der Waals surface area contributed by atoms with E-state index in [0.29, 0.717) is 13.2 Å². The van der Waals surface area contributed by atoms with Gasteiger partial charge in [0.25, 0.3) is 5.97 Å². The number of alkyl carbamates (subject to hydrolysis) is 1. The fourth-order valence-electron chi connectivity index (χ4n) is 3.79. The first-order valence-electron chi connectivity index (χ1n) is 12.9. The summed E-state index contributed by atoms with van der Waals surface area (Å²) in [6.45, 7) is 11.6. The Kier molecular flexibility index (Phi) is 13.0. The fraction of sp³-hybridized carbons (Fsp3) is 0.840. The summed E-state index contributed by atoms with van der Waals surface area (Å²) in [5, 5.41) is 2.59. The third kappa shape index (κ3) is 11.9. The standard InChI is InChI=1S/C25H41NO14/c1-15(27)33-14-18-19(35-16(2)28)20(36-17(3)29)21-22(37-18)39-25(7,38-21)34-13-12-32-11-10-31-9-8-26-23(30)40-24(4,5)6/h18-22H,8-14H2,1-7H3,(H,26,30)/t18-,19-,20+,21-,22-,25+/m1/s1. The molecule has 15 nitrogen and oxygen atoms in total. The van der Waals surface area contributed by atoms with Crippen LogP contribution in [0.25, 0.3) is 0 Å². The number of fused-ring (bicyclic) bond motifs is 1. The van der Waals surface area contributed by atoms with E-state index in [-0.39, 0.29) is 33.0 Å². The van der Waals surface area contributed by atoms with Crippen LogP contribution in [0.3, 0.4) is 0 Å². The number of esters is 3. The summed E-state index contributed by atoms with van der Waals surface area (Å²) in [5.74, 6) is -3.48. The zero-order valence-electron chi connectivity index (χ0n) is 24.1. The Balaban J connectivity index is 1.78. The Morgan fingerprint density at radius 3 is 2.02 bits per heavy atom. The van der Waals surface area contributed by atoms with Gasteiger partial charge in [0.1, 0.15) is 18.3 Å². The van der Waals surface area contributed by atoms with Gasteiger partial charge in [-0.3, -0.25) is 19.1 Å². The van der Waals surface area contributed by atoms with E-state index in [1.165, 1.54) is 27.7 Å². The molecule has 15 heteroatoms. The predicted molar refractivity (Wildman–Crippen MR) is 133 cm³/mol. The van der Waals surface area contributed by atoms with Crippen molar-refractivity contribution in [3.63, 3.8) is 0 Å². The van der Waals surface area contributed by atoms with Crippen LogP contribution >= 0.6 is 0 Å². The number of hydrogen-bond donors (Lipinski definition) is 1. The molecule has 0 aromatic carbocycles. The summed E-state index contributed by atoms with van der Waals surface area (Å²) in [6, 6.07) is 0. The third-order valence-electron chi connectivity index (χ3n) is 5.21. The van der Waals surface area contributed by atoms with Crippen LogP contribution in [0.5, 0.6) is 0 Å². The lowest BCUT2D eigenvalue weighted by atomic mass is 9.98. The average molecular weight is 580 g/mol. The maximum absolute atomic E-state index is 11.8. The van der Waals surface area contributed by atoms with Gasteiger partial charge in [-0.05, 0) is 20.8 Å². The van der Waals surface area contributed by atoms with E-state index in [4.69, 9.17) is 47.4 Å². The number of hydrogen-bond acceptors (Lipinski definition) is 14. The number of ether oxygens (including phenoxy) is 10. The minimum Gasteiger partial charge on any atom is -0.463 e. The lowest BCUT2D eigenvalue weighted by Crippen LogP contribution is -2.60. The molecule has 2 rings (SSSR count). The van der Waals surface area contributed by atoms with E-state index in [0.717, 1.165) is 0 Å². The van der Waals surface area contributed by atoms with Gasteiger partial charge in [-0.1, -0.05) is 0 Å². The van der Waals surface area contributed by atoms with Crippen molar-refractivity contribution in [3.05, 3.63) is 0 Å². The predicted octanol–water partition coefficient (Wildman–Crippen LogP) is 0.801. The lowest BCUT2D eigenvalue weighted by molar-refractivity contribution is -0.346. The second-order valence-electron chi connectivity index (χ2n) is 10.1. The quantitative estimate of drug-likeness (QED) is 0.174. The van der Waals surface area contributed by atoms with Gasteiger partial charge < -0.3 is 47.9 Å². The SMILES string of the molecule is CC(=O)OC[C@H]1O[C@@H]2O[C@@](C)(OCCOCCOCCNC(=O)OC(C)(C)C)O[C@@H]2[C@@H](OC(C)=O)[C@@H]1OC(C)=O. The van der Waals surface area contributed by atoms with Gasteiger partial charge in [-0.25, -0.2) is 4.79 Å². The molecule has 0 bridgehead atoms. The van der Waals surface area contributed by atoms with Gasteiger partial charge in [0, 0.05) is 34.2 Å². The molecule has 6 atom stereocenters. The zero-order chi connectivity index (χ0) is 29.9. The highest BCUT2D eigenvalue weighted by molar-refractivity contribution is 5.68. The van der Waals surface area contributed by atoms with Gasteiger partial charge in [-0.15, -0.1) is 0 Å². The van der Waals surface area contributed by atoms with Crippen LogP contribution in [0.4, 0.5) is 4.79 Å². The van der Waals surface area contributed by atoms with Gasteiger partial charge in [0.2, 0.25) is 0 Å². The Bertz CT molecular complexity index is 861. The molecule has 0 aromatic rings. The molecule has 0 aliphatic carbocycles. The van der Waals surface area contributed by atoms with Crippen molar-refractivity contribution in [3.8, 4) is 0 Å². The molecule has 2 fully saturated rings. The van der Waals surface area contributed by atoms with E-state index >= 15 is 0 Å². The molecule has 1 amide bonds. The topological polar surface area (TPSA) is 173 Å². The van der Waals surface area contributed by atoms with Crippen molar-refractivity contribution in [1.29, 1.82) is 0 Å². The van der Waals surface area contributed by atoms with Crippen LogP contribution in [0, 0.1) is 0 Å². The lowest BCUT2D eigenvalue weighted by Gasteiger charge is -2.40. The first-order chi connectivity index (χ1) is 18.7. The normalized spacial score (nSPS) is 27.8. The molecule has 230 valence electrons. The molecule has 2 heterocycles. The number of carbonyl (C=O) groups is 4. The highest BCUT2D eigenvalue weighted by Crippen LogP contribution is 2.39. The number of amides is 1. The van der Waals surface area contributed by atoms with Crippen molar-refractivity contribution < 1.29 is 66.5 Å². The molecule has 0 aromatic heterocycles. The second-order valence-corrected chi connectivity index (χ2v) is 10.1. The molecule has 2 aliphatic heterocycles. The zero-order valence-corrected chi connectivity index (χ0v) is 24.1. The Hall–Kier alpha value is -2.56. The average Bonchev–Trinajstić information content (AvgIpc) is 3.15. The summed E-state index contributed by atoms with van der Waals surface area (Å²) in [5.41, 5.74) is -0.568. The molecule has 0 saturated carbocycles. The van der Waals surface area contributed by atoms with E-state index in [1.807, 2.05) is 0 Å². The molecule has 2 saturated heterocycles. The van der Waals surface area contributed by atoms with Gasteiger partial charge in [0.05, 0.1) is 33.0 Å². The Morgan fingerprint density at radius 1 is 0.825 bits per heavy atom. The Morgan fingerprint density at radius 2 is 1.43 bits per heavy atom. The van der Waals surface area contributed by atoms with Crippen LogP contribution in [0.2, 0.25) is 0 Å². The number of nitrogens with one attached hydrogen (secondary N) is 1. The molecule has 2 aliphatic rings. The molecule has 1 N–H and O–H groups in total. The minimum absolute atomic E-state index is 0.0681. The van der Waals surface area contributed by atoms with Gasteiger partial charge >= 0.3 is 24.0 Å². The summed E-state index contributed by atoms with van der Waals surface area (Å²) < 4.78 is 55.1. The summed E-state index contributed by atoms with van der Waals surface area (Å²) in [7, 11) is 0. The number of rotatable bonds is 14. The highest BCUT2D eigenvalue weighted by Gasteiger charge is 2.59. The molecular formula is C25H41NO14. The second kappa shape index (κ2) is 15.4. The molecule has 0 radical (unpaired) electrons. The van der Waals surface area contributed by atoms with E-state index in [9.17, 15) is 19.2 Å². The first kappa shape index (κ1) is 33.6. The highest BCUT2D eigenvalue weighted by atomic mass is 16.9. The van der Waals surface area contributed by atoms with Crippen LogP contribution < -0.4 is 5.32 Å². The van der Waals surface area contributed by atoms with Crippen LogP contribution in [-0.2, 0) is 61.8 Å². The van der Waals surface area contributed by atoms with Crippen molar-refractivity contribution >= 4 is 24.0 Å². The monoisotopic (exact) mass is 579 g/mol. The molecular weight excluding hydrogens is 538 g/mol. The first-order valence-corrected chi connectivity index (χ1v) is 12.9. The number of carbonyl (C=O) groups excluding carboxylic acids is 4. The van der Waals surface area contributed by atoms with Crippen molar-refractivity contribution in [1.82, 2.24) is 5.32 Å². The van der Waals surface area contributed by atoms with Crippen LogP contribution in [0.1, 0.15) is 48.5 Å². The Labute approximate surface area is 233 Å². The third-order valence-corrected chi connectivity index (χ3v) is 5.21. The molecule has 0 spiro atoms. The molecule has 40 heavy (non-hydrogen) atoms. The van der Waals surface area contributed by atoms with E-state index in [2.05, 4.69) is 5.32 Å². The minimum atomic E-state index is -1.60. The van der Waals surface area contributed by atoms with E-state index in [1.54, 1.807) is 20.8 Å². The van der Waals surface area contributed by atoms with Gasteiger partial charge in [0.15, 0.2) is 24.6 Å². The summed E-state index contributed by atoms with van der Waals surface area (Å²) in [6.07, 6.45) is -5.84. The maximum atomic E-state index is 11.8. The maximum Gasteiger partial charge on any atom is 0.407 e. The summed E-state index contributed by atoms with van der Waals surface area (Å²) in [4.78, 5) is 46.5. The smallest absolute Gasteiger partial charge is 0.407 e. The van der Waals surface area contributed by atoms with E-state index < -0.39 is 66.3 Å². The van der Waals surface area contributed by atoms with Gasteiger partial charge in [-0.2, -0.15) is 0 Å². The fourth-order valence-corrected chi connectivity index (χ4v) is 3.79. The van der Waals surface area contributed by atoms with Crippen molar-refractivity contribution in [2.45, 2.75) is 90.7 Å². The molecule has 0 unspecified atom stereocenters. The van der Waals surface area contributed by atoms with Crippen molar-refractivity contribution in [2.75, 3.05) is 46.2 Å². The largest absolute Gasteiger partial charge is 0.463 e. The summed E-state index contributed by atoms with van der Waals surface area (Å²) >= 11 is 0. The van der Waals surface area contributed by atoms with Crippen LogP contribution in [0.15, 0.2) is 0 Å². The van der Waals surface area contributed by atoms with Crippen molar-refractivity contribution in [2.24, 2.45) is 0 Å².